The lowest BCUT2D eigenvalue weighted by Crippen LogP contribution is -2.26. The number of anilines is 1. The minimum Gasteiger partial charge on any atom is -0.350 e. The first-order valence-electron chi connectivity index (χ1n) is 2.82. The number of rotatable bonds is 1. The van der Waals surface area contributed by atoms with Crippen LogP contribution in [0.2, 0.25) is 0 Å². The SMILES string of the molecule is Cc1cnc(N(S)C(N)=O)s1. The Morgan fingerprint density at radius 2 is 2.55 bits per heavy atom. The van der Waals surface area contributed by atoms with Gasteiger partial charge in [-0.05, 0) is 6.92 Å². The molecule has 0 fully saturated rings. The number of amides is 2. The molecule has 1 heterocycles. The number of carbonyl (C=O) groups excluding carboxylic acids is 1. The number of thiol groups is 1. The van der Waals surface area contributed by atoms with E-state index in [-0.39, 0.29) is 0 Å². The summed E-state index contributed by atoms with van der Waals surface area (Å²) < 4.78 is 1.01. The summed E-state index contributed by atoms with van der Waals surface area (Å²) in [5.41, 5.74) is 4.95. The Labute approximate surface area is 73.6 Å². The van der Waals surface area contributed by atoms with E-state index in [1.165, 1.54) is 11.3 Å². The molecular formula is C5H7N3OS2. The lowest BCUT2D eigenvalue weighted by molar-refractivity contribution is 0.257. The van der Waals surface area contributed by atoms with E-state index in [0.717, 1.165) is 9.18 Å². The standard InChI is InChI=1S/C5H7N3OS2/c1-3-2-7-5(11-3)8(10)4(6)9/h2,10H,1H3,(H2,6,9). The van der Waals surface area contributed by atoms with Crippen LogP contribution in [0.5, 0.6) is 0 Å². The fourth-order valence-electron chi connectivity index (χ4n) is 0.535. The maximum atomic E-state index is 10.5. The number of urea groups is 1. The zero-order valence-electron chi connectivity index (χ0n) is 5.81. The van der Waals surface area contributed by atoms with Crippen molar-refractivity contribution in [2.24, 2.45) is 5.73 Å². The van der Waals surface area contributed by atoms with E-state index in [1.807, 2.05) is 6.92 Å². The summed E-state index contributed by atoms with van der Waals surface area (Å²) >= 11 is 5.20. The van der Waals surface area contributed by atoms with Crippen molar-refractivity contribution in [2.45, 2.75) is 6.92 Å². The van der Waals surface area contributed by atoms with Crippen LogP contribution >= 0.6 is 24.2 Å². The van der Waals surface area contributed by atoms with Gasteiger partial charge in [-0.2, -0.15) is 0 Å². The molecule has 0 aliphatic heterocycles. The quantitative estimate of drug-likeness (QED) is 0.652. The molecule has 60 valence electrons. The van der Waals surface area contributed by atoms with Crippen molar-refractivity contribution in [1.29, 1.82) is 0 Å². The predicted octanol–water partition coefficient (Wildman–Crippen LogP) is 1.18. The first-order valence-corrected chi connectivity index (χ1v) is 4.04. The van der Waals surface area contributed by atoms with Gasteiger partial charge in [-0.1, -0.05) is 12.8 Å². The molecule has 0 aliphatic rings. The highest BCUT2D eigenvalue weighted by Crippen LogP contribution is 2.22. The molecule has 0 bridgehead atoms. The predicted molar refractivity (Wildman–Crippen MR) is 47.9 cm³/mol. The molecule has 0 atom stereocenters. The molecule has 1 rings (SSSR count). The average Bonchev–Trinajstić information content (AvgIpc) is 2.34. The largest absolute Gasteiger partial charge is 0.350 e. The highest BCUT2D eigenvalue weighted by molar-refractivity contribution is 7.83. The number of hydrogen-bond donors (Lipinski definition) is 2. The Hall–Kier alpha value is -0.750. The summed E-state index contributed by atoms with van der Waals surface area (Å²) in [6.07, 6.45) is 1.66. The third-order valence-electron chi connectivity index (χ3n) is 0.999. The van der Waals surface area contributed by atoms with Gasteiger partial charge in [0.1, 0.15) is 0 Å². The van der Waals surface area contributed by atoms with Crippen LogP contribution in [0.15, 0.2) is 6.20 Å². The maximum absolute atomic E-state index is 10.5. The van der Waals surface area contributed by atoms with Gasteiger partial charge in [0, 0.05) is 11.1 Å². The second kappa shape index (κ2) is 3.10. The number of carbonyl (C=O) groups is 1. The summed E-state index contributed by atoms with van der Waals surface area (Å²) in [5.74, 6) is 0. The zero-order valence-corrected chi connectivity index (χ0v) is 7.52. The molecule has 6 heteroatoms. The van der Waals surface area contributed by atoms with E-state index in [4.69, 9.17) is 5.73 Å². The molecule has 2 amide bonds. The van der Waals surface area contributed by atoms with Crippen molar-refractivity contribution < 1.29 is 4.79 Å². The highest BCUT2D eigenvalue weighted by atomic mass is 32.1. The topological polar surface area (TPSA) is 59.2 Å². The number of nitrogens with two attached hydrogens (primary N) is 1. The minimum absolute atomic E-state index is 0.498. The first-order chi connectivity index (χ1) is 5.11. The first kappa shape index (κ1) is 8.35. The minimum atomic E-state index is -0.623. The van der Waals surface area contributed by atoms with Crippen LogP contribution in [0.4, 0.5) is 9.93 Å². The van der Waals surface area contributed by atoms with Gasteiger partial charge in [0.15, 0.2) is 0 Å². The Morgan fingerprint density at radius 1 is 1.91 bits per heavy atom. The number of aryl methyl sites for hydroxylation is 1. The van der Waals surface area contributed by atoms with Gasteiger partial charge in [0.05, 0.1) is 0 Å². The third kappa shape index (κ3) is 1.84. The van der Waals surface area contributed by atoms with Gasteiger partial charge < -0.3 is 5.73 Å². The van der Waals surface area contributed by atoms with Crippen molar-refractivity contribution in [3.63, 3.8) is 0 Å². The van der Waals surface area contributed by atoms with E-state index >= 15 is 0 Å². The summed E-state index contributed by atoms with van der Waals surface area (Å²) in [4.78, 5) is 15.5. The summed E-state index contributed by atoms with van der Waals surface area (Å²) in [6.45, 7) is 1.89. The van der Waals surface area contributed by atoms with Crippen LogP contribution in [-0.2, 0) is 0 Å². The van der Waals surface area contributed by atoms with E-state index in [0.29, 0.717) is 5.13 Å². The molecular weight excluding hydrogens is 182 g/mol. The molecule has 11 heavy (non-hydrogen) atoms. The molecule has 1 aromatic heterocycles. The van der Waals surface area contributed by atoms with Crippen molar-refractivity contribution in [3.05, 3.63) is 11.1 Å². The molecule has 2 N–H and O–H groups in total. The number of thiazole rings is 1. The Balaban J connectivity index is 2.84. The van der Waals surface area contributed by atoms with Gasteiger partial charge >= 0.3 is 6.03 Å². The van der Waals surface area contributed by atoms with Gasteiger partial charge in [-0.3, -0.25) is 0 Å². The second-order valence-electron chi connectivity index (χ2n) is 1.90. The fourth-order valence-corrected chi connectivity index (χ4v) is 1.38. The van der Waals surface area contributed by atoms with Gasteiger partial charge in [-0.25, -0.2) is 14.1 Å². The average molecular weight is 189 g/mol. The highest BCUT2D eigenvalue weighted by Gasteiger charge is 2.10. The number of aromatic nitrogens is 1. The van der Waals surface area contributed by atoms with Crippen LogP contribution in [0.3, 0.4) is 0 Å². The lowest BCUT2D eigenvalue weighted by atomic mass is 10.7. The molecule has 0 saturated heterocycles. The van der Waals surface area contributed by atoms with Crippen molar-refractivity contribution in [2.75, 3.05) is 4.31 Å². The molecule has 0 radical (unpaired) electrons. The Kier molecular flexibility index (Phi) is 2.35. The van der Waals surface area contributed by atoms with Crippen LogP contribution in [0, 0.1) is 6.92 Å². The molecule has 4 nitrogen and oxygen atoms in total. The monoisotopic (exact) mass is 189 g/mol. The smallest absolute Gasteiger partial charge is 0.331 e. The normalized spacial score (nSPS) is 9.64. The van der Waals surface area contributed by atoms with E-state index in [9.17, 15) is 4.79 Å². The van der Waals surface area contributed by atoms with Gasteiger partial charge in [-0.15, -0.1) is 11.3 Å². The fraction of sp³-hybridized carbons (Fsp3) is 0.200. The van der Waals surface area contributed by atoms with Crippen LogP contribution < -0.4 is 10.0 Å². The van der Waals surface area contributed by atoms with Crippen molar-refractivity contribution >= 4 is 35.3 Å². The van der Waals surface area contributed by atoms with Crippen LogP contribution in [0.25, 0.3) is 0 Å². The lowest BCUT2D eigenvalue weighted by Gasteiger charge is -2.06. The van der Waals surface area contributed by atoms with Gasteiger partial charge in [0.25, 0.3) is 0 Å². The van der Waals surface area contributed by atoms with Gasteiger partial charge in [0.2, 0.25) is 5.13 Å². The summed E-state index contributed by atoms with van der Waals surface area (Å²) in [6, 6.07) is -0.623. The summed E-state index contributed by atoms with van der Waals surface area (Å²) in [5, 5.41) is 0.498. The number of primary amides is 1. The Bertz CT molecular complexity index is 272. The van der Waals surface area contributed by atoms with Crippen LogP contribution in [-0.4, -0.2) is 11.0 Å². The van der Waals surface area contributed by atoms with Crippen molar-refractivity contribution in [3.8, 4) is 0 Å². The molecule has 1 aromatic rings. The van der Waals surface area contributed by atoms with E-state index in [2.05, 4.69) is 17.8 Å². The zero-order chi connectivity index (χ0) is 8.43. The molecule has 0 aliphatic carbocycles. The third-order valence-corrected chi connectivity index (χ3v) is 2.42. The van der Waals surface area contributed by atoms with Crippen molar-refractivity contribution in [1.82, 2.24) is 4.98 Å². The van der Waals surface area contributed by atoms with Crippen LogP contribution in [0.1, 0.15) is 4.88 Å². The Morgan fingerprint density at radius 3 is 2.91 bits per heavy atom. The number of hydrogen-bond acceptors (Lipinski definition) is 4. The van der Waals surface area contributed by atoms with E-state index < -0.39 is 6.03 Å². The summed E-state index contributed by atoms with van der Waals surface area (Å²) in [7, 11) is 0. The molecule has 0 aromatic carbocycles. The number of nitrogens with zero attached hydrogens (tertiary/aromatic N) is 2. The van der Waals surface area contributed by atoms with E-state index in [1.54, 1.807) is 6.20 Å². The maximum Gasteiger partial charge on any atom is 0.331 e. The second-order valence-corrected chi connectivity index (χ2v) is 3.52. The molecule has 0 saturated carbocycles. The molecule has 0 unspecified atom stereocenters. The molecule has 0 spiro atoms.